The van der Waals surface area contributed by atoms with Crippen LogP contribution in [0.3, 0.4) is 0 Å². The Kier molecular flexibility index (Phi) is 2.60. The molecular weight excluding hydrogens is 213 g/mol. The smallest absolute Gasteiger partial charge is 0.305 e. The van der Waals surface area contributed by atoms with E-state index in [9.17, 15) is 14.0 Å². The normalized spacial score (nSPS) is 14.1. The van der Waals surface area contributed by atoms with Crippen molar-refractivity contribution in [3.8, 4) is 0 Å². The van der Waals surface area contributed by atoms with Gasteiger partial charge in [0.05, 0.1) is 6.42 Å². The lowest BCUT2D eigenvalue weighted by atomic mass is 10.1. The van der Waals surface area contributed by atoms with Crippen LogP contribution in [0.2, 0.25) is 0 Å². The third-order valence-corrected chi connectivity index (χ3v) is 2.55. The van der Waals surface area contributed by atoms with E-state index < -0.39 is 11.8 Å². The summed E-state index contributed by atoms with van der Waals surface area (Å²) in [5.74, 6) is -1.70. The zero-order valence-electron chi connectivity index (χ0n) is 8.44. The molecule has 1 amide bonds. The summed E-state index contributed by atoms with van der Waals surface area (Å²) in [6, 6.07) is 4.05. The second-order valence-electron chi connectivity index (χ2n) is 3.67. The van der Waals surface area contributed by atoms with E-state index in [1.54, 1.807) is 6.07 Å². The molecule has 0 radical (unpaired) electrons. The summed E-state index contributed by atoms with van der Waals surface area (Å²) in [5, 5.41) is 8.52. The van der Waals surface area contributed by atoms with Crippen molar-refractivity contribution in [3.63, 3.8) is 0 Å². The Hall–Kier alpha value is -1.91. The third kappa shape index (κ3) is 1.88. The van der Waals surface area contributed by atoms with Gasteiger partial charge in [0.25, 0.3) is 5.91 Å². The minimum atomic E-state index is -0.949. The number of fused-ring (bicyclic) bond motifs is 1. The van der Waals surface area contributed by atoms with Gasteiger partial charge in [0, 0.05) is 18.7 Å². The molecule has 0 aromatic heterocycles. The van der Waals surface area contributed by atoms with E-state index in [0.717, 1.165) is 5.56 Å². The number of aliphatic carboxylic acids is 1. The van der Waals surface area contributed by atoms with Gasteiger partial charge in [-0.25, -0.2) is 4.39 Å². The summed E-state index contributed by atoms with van der Waals surface area (Å²) >= 11 is 0. The molecule has 0 aliphatic carbocycles. The van der Waals surface area contributed by atoms with Crippen molar-refractivity contribution in [2.75, 3.05) is 6.54 Å². The topological polar surface area (TPSA) is 57.6 Å². The van der Waals surface area contributed by atoms with Crippen LogP contribution in [0.5, 0.6) is 0 Å². The van der Waals surface area contributed by atoms with Gasteiger partial charge in [-0.2, -0.15) is 0 Å². The Bertz CT molecular complexity index is 459. The molecular formula is C11H10FNO3. The van der Waals surface area contributed by atoms with E-state index in [2.05, 4.69) is 0 Å². The number of carboxylic acid groups (broad SMARTS) is 1. The molecule has 0 bridgehead atoms. The van der Waals surface area contributed by atoms with E-state index in [1.807, 2.05) is 0 Å². The number of hydrogen-bond acceptors (Lipinski definition) is 2. The number of benzene rings is 1. The molecule has 0 spiro atoms. The molecule has 1 aliphatic rings. The van der Waals surface area contributed by atoms with Crippen molar-refractivity contribution in [1.82, 2.24) is 4.90 Å². The van der Waals surface area contributed by atoms with Gasteiger partial charge in [0.2, 0.25) is 0 Å². The fraction of sp³-hybridized carbons (Fsp3) is 0.273. The predicted molar refractivity (Wildman–Crippen MR) is 53.4 cm³/mol. The first-order valence-corrected chi connectivity index (χ1v) is 4.87. The lowest BCUT2D eigenvalue weighted by Crippen LogP contribution is -2.26. The van der Waals surface area contributed by atoms with Crippen LogP contribution in [0.1, 0.15) is 22.3 Å². The SMILES string of the molecule is O=C(O)CCN1Cc2ccc(F)cc2C1=O. The van der Waals surface area contributed by atoms with Gasteiger partial charge in [-0.1, -0.05) is 6.07 Å². The molecule has 84 valence electrons. The number of carboxylic acids is 1. The lowest BCUT2D eigenvalue weighted by molar-refractivity contribution is -0.137. The van der Waals surface area contributed by atoms with Gasteiger partial charge in [0.15, 0.2) is 0 Å². The highest BCUT2D eigenvalue weighted by Gasteiger charge is 2.27. The van der Waals surface area contributed by atoms with Crippen molar-refractivity contribution in [3.05, 3.63) is 35.1 Å². The molecule has 0 atom stereocenters. The van der Waals surface area contributed by atoms with Gasteiger partial charge < -0.3 is 10.0 Å². The highest BCUT2D eigenvalue weighted by Crippen LogP contribution is 2.23. The third-order valence-electron chi connectivity index (χ3n) is 2.55. The molecule has 1 aliphatic heterocycles. The van der Waals surface area contributed by atoms with Crippen LogP contribution >= 0.6 is 0 Å². The Morgan fingerprint density at radius 3 is 2.94 bits per heavy atom. The number of rotatable bonds is 3. The molecule has 0 fully saturated rings. The van der Waals surface area contributed by atoms with Crippen LogP contribution < -0.4 is 0 Å². The fourth-order valence-electron chi connectivity index (χ4n) is 1.74. The maximum absolute atomic E-state index is 12.9. The molecule has 1 heterocycles. The number of carbonyl (C=O) groups excluding carboxylic acids is 1. The van der Waals surface area contributed by atoms with Gasteiger partial charge in [0.1, 0.15) is 5.82 Å². The molecule has 1 N–H and O–H groups in total. The van der Waals surface area contributed by atoms with E-state index in [-0.39, 0.29) is 18.9 Å². The first kappa shape index (κ1) is 10.6. The minimum absolute atomic E-state index is 0.0950. The first-order chi connectivity index (χ1) is 7.58. The molecule has 0 saturated carbocycles. The van der Waals surface area contributed by atoms with E-state index in [1.165, 1.54) is 17.0 Å². The average molecular weight is 223 g/mol. The minimum Gasteiger partial charge on any atom is -0.481 e. The number of halogens is 1. The zero-order chi connectivity index (χ0) is 11.7. The molecule has 1 aromatic carbocycles. The maximum Gasteiger partial charge on any atom is 0.305 e. The van der Waals surface area contributed by atoms with E-state index >= 15 is 0 Å². The van der Waals surface area contributed by atoms with Crippen LogP contribution in [0.4, 0.5) is 4.39 Å². The van der Waals surface area contributed by atoms with Gasteiger partial charge in [-0.05, 0) is 17.7 Å². The van der Waals surface area contributed by atoms with Crippen LogP contribution in [0, 0.1) is 5.82 Å². The molecule has 0 unspecified atom stereocenters. The monoisotopic (exact) mass is 223 g/mol. The fourth-order valence-corrected chi connectivity index (χ4v) is 1.74. The second-order valence-corrected chi connectivity index (χ2v) is 3.67. The van der Waals surface area contributed by atoms with Gasteiger partial charge >= 0.3 is 5.97 Å². The largest absolute Gasteiger partial charge is 0.481 e. The van der Waals surface area contributed by atoms with Crippen molar-refractivity contribution >= 4 is 11.9 Å². The van der Waals surface area contributed by atoms with E-state index in [4.69, 9.17) is 5.11 Å². The number of amides is 1. The summed E-state index contributed by atoms with van der Waals surface area (Å²) in [4.78, 5) is 23.5. The summed E-state index contributed by atoms with van der Waals surface area (Å²) in [5.41, 5.74) is 1.09. The first-order valence-electron chi connectivity index (χ1n) is 4.87. The van der Waals surface area contributed by atoms with Crippen LogP contribution in [0.15, 0.2) is 18.2 Å². The molecule has 2 rings (SSSR count). The summed E-state index contributed by atoms with van der Waals surface area (Å²) in [7, 11) is 0. The highest BCUT2D eigenvalue weighted by molar-refractivity contribution is 5.98. The van der Waals surface area contributed by atoms with Gasteiger partial charge in [-0.3, -0.25) is 9.59 Å². The van der Waals surface area contributed by atoms with E-state index in [0.29, 0.717) is 12.1 Å². The van der Waals surface area contributed by atoms with Crippen molar-refractivity contribution < 1.29 is 19.1 Å². The number of carbonyl (C=O) groups is 2. The van der Waals surface area contributed by atoms with Crippen LogP contribution in [-0.2, 0) is 11.3 Å². The van der Waals surface area contributed by atoms with Gasteiger partial charge in [-0.15, -0.1) is 0 Å². The number of nitrogens with zero attached hydrogens (tertiary/aromatic N) is 1. The number of hydrogen-bond donors (Lipinski definition) is 1. The maximum atomic E-state index is 12.9. The second kappa shape index (κ2) is 3.92. The van der Waals surface area contributed by atoms with Crippen molar-refractivity contribution in [2.45, 2.75) is 13.0 Å². The summed E-state index contributed by atoms with van der Waals surface area (Å²) in [6.07, 6.45) is -0.0950. The predicted octanol–water partition coefficient (Wildman–Crippen LogP) is 1.26. The Morgan fingerprint density at radius 2 is 2.25 bits per heavy atom. The molecule has 0 saturated heterocycles. The standard InChI is InChI=1S/C11H10FNO3/c12-8-2-1-7-6-13(4-3-10(14)15)11(16)9(7)5-8/h1-2,5H,3-4,6H2,(H,14,15). The van der Waals surface area contributed by atoms with Crippen LogP contribution in [-0.4, -0.2) is 28.4 Å². The van der Waals surface area contributed by atoms with Crippen molar-refractivity contribution in [2.24, 2.45) is 0 Å². The van der Waals surface area contributed by atoms with Crippen molar-refractivity contribution in [1.29, 1.82) is 0 Å². The Morgan fingerprint density at radius 1 is 1.50 bits per heavy atom. The molecule has 5 heteroatoms. The molecule has 1 aromatic rings. The Balaban J connectivity index is 2.15. The lowest BCUT2D eigenvalue weighted by Gasteiger charge is -2.13. The highest BCUT2D eigenvalue weighted by atomic mass is 19.1. The molecule has 16 heavy (non-hydrogen) atoms. The summed E-state index contributed by atoms with van der Waals surface area (Å²) in [6.45, 7) is 0.520. The average Bonchev–Trinajstić information content (AvgIpc) is 2.53. The Labute approximate surface area is 91.3 Å². The summed E-state index contributed by atoms with van der Waals surface area (Å²) < 4.78 is 12.9. The molecule has 4 nitrogen and oxygen atoms in total. The zero-order valence-corrected chi connectivity index (χ0v) is 8.44. The van der Waals surface area contributed by atoms with Crippen LogP contribution in [0.25, 0.3) is 0 Å². The quantitative estimate of drug-likeness (QED) is 0.839.